The van der Waals surface area contributed by atoms with Crippen molar-refractivity contribution in [2.45, 2.75) is 34.5 Å². The molecule has 27 aromatic rings. The van der Waals surface area contributed by atoms with E-state index in [1.807, 2.05) is 52.2 Å². The molecule has 0 amide bonds. The molecular weight excluding hydrogens is 1950 g/mol. The van der Waals surface area contributed by atoms with E-state index >= 15 is 0 Å². The second kappa shape index (κ2) is 32.5. The quantitative estimate of drug-likeness (QED) is 0.134. The van der Waals surface area contributed by atoms with Crippen LogP contribution in [0.15, 0.2) is 419 Å². The van der Waals surface area contributed by atoms with Gasteiger partial charge in [-0.15, -0.1) is 0 Å². The molecule has 0 bridgehead atoms. The van der Waals surface area contributed by atoms with E-state index in [1.54, 1.807) is 0 Å². The Kier molecular flexibility index (Phi) is 19.4. The van der Waals surface area contributed by atoms with Gasteiger partial charge in [0.15, 0.2) is 0 Å². The van der Waals surface area contributed by atoms with E-state index in [-0.39, 0.29) is 0 Å². The van der Waals surface area contributed by atoms with Crippen LogP contribution in [-0.4, -0.2) is 83.4 Å². The van der Waals surface area contributed by atoms with Gasteiger partial charge in [-0.2, -0.15) is 0 Å². The van der Waals surface area contributed by atoms with E-state index < -0.39 is 39.8 Å². The van der Waals surface area contributed by atoms with Crippen LogP contribution in [0.4, 0.5) is 0 Å². The van der Waals surface area contributed by atoms with Gasteiger partial charge in [0.25, 0.3) is 0 Å². The van der Waals surface area contributed by atoms with Gasteiger partial charge in [0, 0.05) is 0 Å². The third-order valence-electron chi connectivity index (χ3n) is 29.9. The van der Waals surface area contributed by atoms with Crippen LogP contribution in [0.2, 0.25) is 34.5 Å². The molecule has 666 valence electrons. The molecule has 30 rings (SSSR count). The third kappa shape index (κ3) is 13.1. The number of rotatable bonds is 9. The maximum absolute atomic E-state index is 5.34. The van der Waals surface area contributed by atoms with Crippen molar-refractivity contribution in [2.75, 3.05) is 0 Å². The number of benzene rings is 18. The summed E-state index contributed by atoms with van der Waals surface area (Å²) in [5, 5.41) is 15.7. The standard InChI is InChI=1S/3C42H29GeN3S/c1-43(2)34-23-28(46-35-19-11-9-17-29(35)32-24-33-30-18-10-12-20-37(30)47-38(33)25-36(32)46)21-22-31(34)41-39(43)40(26-13-5-3-6-14-26)44-42(45-41)27-15-7-4-8-16-27;1-43(2)33-25-28(46-34-19-11-9-17-29(34)30-23-24-36-37(41(30)46)32-18-10-12-20-35(32)47-36)21-22-31(33)40-38(43)39(26-13-5-3-6-14-26)44-42(45-40)27-15-7-4-8-16-27;1-43(2)34-25-28(46-35-19-11-9-17-29(35)31-23-24-32-30-18-10-12-20-36(30)47-41(32)40(31)46)21-22-33(34)39-37(43)38(26-13-5-3-6-14-26)44-42(45-39)27-15-7-4-8-16-27/h3*3-25H,1-2H3. The second-order valence-electron chi connectivity index (χ2n) is 39.0. The molecule has 0 saturated carbocycles. The molecule has 0 aliphatic carbocycles. The fraction of sp³-hybridized carbons (Fsp3) is 0.0476. The van der Waals surface area contributed by atoms with Crippen LogP contribution in [-0.2, 0) is 0 Å². The normalized spacial score (nSPS) is 13.5. The fourth-order valence-electron chi connectivity index (χ4n) is 23.4. The van der Waals surface area contributed by atoms with Gasteiger partial charge in [-0.3, -0.25) is 0 Å². The van der Waals surface area contributed by atoms with Crippen molar-refractivity contribution in [1.82, 2.24) is 43.6 Å². The van der Waals surface area contributed by atoms with Crippen molar-refractivity contribution in [3.05, 3.63) is 419 Å². The van der Waals surface area contributed by atoms with Crippen LogP contribution in [0.3, 0.4) is 0 Å². The molecule has 0 atom stereocenters. The fourth-order valence-corrected chi connectivity index (χ4v) is 47.2. The summed E-state index contributed by atoms with van der Waals surface area (Å²) in [4.78, 5) is 31.9. The van der Waals surface area contributed by atoms with E-state index in [2.05, 4.69) is 449 Å². The molecule has 0 saturated heterocycles. The van der Waals surface area contributed by atoms with Gasteiger partial charge in [0.1, 0.15) is 0 Å². The number of hydrogen-bond donors (Lipinski definition) is 0. The van der Waals surface area contributed by atoms with Gasteiger partial charge >= 0.3 is 842 Å². The van der Waals surface area contributed by atoms with Crippen LogP contribution < -0.4 is 26.4 Å². The number of fused-ring (bicyclic) bond motifs is 29. The van der Waals surface area contributed by atoms with Crippen LogP contribution in [0, 0.1) is 0 Å². The Morgan fingerprint density at radius 3 is 0.950 bits per heavy atom. The molecule has 0 fully saturated rings. The van der Waals surface area contributed by atoms with Crippen LogP contribution in [0.5, 0.6) is 0 Å². The monoisotopic (exact) mass is 2040 g/mol. The third-order valence-corrected chi connectivity index (χ3v) is 55.3. The molecule has 9 nitrogen and oxygen atoms in total. The SMILES string of the molecule is [CH3][Ge]1([CH3])[c]2cc(-n3c4ccccc4c4cc5c(cc43)sc3ccccc35)ccc2-c2nc(-c3ccccc3)nc(-c3ccccc3)[c]21.[CH3][Ge]1([CH3])[c]2cc(-n3c4ccccc4c4ccc5c6ccccc6sc5c43)ccc2-c2nc(-c3ccccc3)nc(-c3ccccc3)[c]21.[CH3][Ge]1([CH3])[c]2cc(-n3c4ccccc4c4ccc5sc6ccccc6c5c43)ccc2-c2nc(-c3ccccc3)nc(-c3ccccc3)[c]21. The van der Waals surface area contributed by atoms with Gasteiger partial charge in [0.2, 0.25) is 0 Å². The molecule has 18 aromatic carbocycles. The van der Waals surface area contributed by atoms with Crippen molar-refractivity contribution < 1.29 is 0 Å². The van der Waals surface area contributed by atoms with E-state index in [4.69, 9.17) is 29.9 Å². The average molecular weight is 2040 g/mol. The van der Waals surface area contributed by atoms with Crippen molar-refractivity contribution >= 4 is 226 Å². The Labute approximate surface area is 833 Å². The Balaban J connectivity index is 0.000000104. The summed E-state index contributed by atoms with van der Waals surface area (Å²) in [6.07, 6.45) is 0. The minimum atomic E-state index is -2.90. The molecule has 3 aliphatic rings. The summed E-state index contributed by atoms with van der Waals surface area (Å²) < 4.78 is 24.0. The molecule has 0 radical (unpaired) electrons. The minimum absolute atomic E-state index is 0.785. The molecular formula is C126H87Ge3N9S3. The summed E-state index contributed by atoms with van der Waals surface area (Å²) in [5.74, 6) is 17.4. The summed E-state index contributed by atoms with van der Waals surface area (Å²) in [7, 11) is 0. The van der Waals surface area contributed by atoms with Crippen molar-refractivity contribution in [1.29, 1.82) is 0 Å². The van der Waals surface area contributed by atoms with Gasteiger partial charge < -0.3 is 0 Å². The topological polar surface area (TPSA) is 92.1 Å². The molecule has 12 heterocycles. The second-order valence-corrected chi connectivity index (χ2v) is 69.2. The molecule has 0 unspecified atom stereocenters. The zero-order chi connectivity index (χ0) is 93.8. The molecule has 0 spiro atoms. The number of para-hydroxylation sites is 3. The molecule has 141 heavy (non-hydrogen) atoms. The van der Waals surface area contributed by atoms with Crippen molar-refractivity contribution in [3.8, 4) is 119 Å². The number of thiophene rings is 3. The Morgan fingerprint density at radius 1 is 0.199 bits per heavy atom. The van der Waals surface area contributed by atoms with Crippen molar-refractivity contribution in [3.63, 3.8) is 0 Å². The van der Waals surface area contributed by atoms with Gasteiger partial charge in [0.05, 0.1) is 0 Å². The Morgan fingerprint density at radius 2 is 0.511 bits per heavy atom. The van der Waals surface area contributed by atoms with E-state index in [9.17, 15) is 0 Å². The molecule has 0 N–H and O–H groups in total. The average Bonchev–Trinajstić information content (AvgIpc) is 1.57. The van der Waals surface area contributed by atoms with Crippen LogP contribution in [0.1, 0.15) is 0 Å². The summed E-state index contributed by atoms with van der Waals surface area (Å²) in [6.45, 7) is 0. The van der Waals surface area contributed by atoms with E-state index in [0.717, 1.165) is 85.0 Å². The van der Waals surface area contributed by atoms with Gasteiger partial charge in [-0.1, -0.05) is 0 Å². The van der Waals surface area contributed by atoms with Crippen LogP contribution >= 0.6 is 34.0 Å². The first-order valence-electron chi connectivity index (χ1n) is 48.3. The zero-order valence-electron chi connectivity index (χ0n) is 78.1. The first-order valence-corrected chi connectivity index (χ1v) is 69.6. The summed E-state index contributed by atoms with van der Waals surface area (Å²) >= 11 is -3.02. The summed E-state index contributed by atoms with van der Waals surface area (Å²) in [6, 6.07) is 152. The predicted molar refractivity (Wildman–Crippen MR) is 607 cm³/mol. The number of nitrogens with zero attached hydrogens (tertiary/aromatic N) is 9. The zero-order valence-corrected chi connectivity index (χ0v) is 86.8. The maximum atomic E-state index is 5.34. The van der Waals surface area contributed by atoms with Gasteiger partial charge in [-0.05, 0) is 0 Å². The first-order chi connectivity index (χ1) is 69.2. The number of hydrogen-bond acceptors (Lipinski definition) is 9. The van der Waals surface area contributed by atoms with E-state index in [1.165, 1.54) is 186 Å². The predicted octanol–water partition coefficient (Wildman–Crippen LogP) is 30.2. The van der Waals surface area contributed by atoms with Crippen molar-refractivity contribution in [2.24, 2.45) is 0 Å². The molecule has 9 aromatic heterocycles. The Hall–Kier alpha value is -15.1. The summed E-state index contributed by atoms with van der Waals surface area (Å²) in [5.41, 5.74) is 28.1. The number of aromatic nitrogens is 9. The molecule has 15 heteroatoms. The van der Waals surface area contributed by atoms with Gasteiger partial charge in [-0.25, -0.2) is 0 Å². The van der Waals surface area contributed by atoms with Crippen LogP contribution in [0.25, 0.3) is 245 Å². The van der Waals surface area contributed by atoms with E-state index in [0.29, 0.717) is 0 Å². The molecule has 3 aliphatic heterocycles. The Bertz CT molecular complexity index is 9900. The first kappa shape index (κ1) is 84.0.